The van der Waals surface area contributed by atoms with Crippen molar-refractivity contribution in [2.24, 2.45) is 5.41 Å². The number of ether oxygens (including phenoxy) is 1. The van der Waals surface area contributed by atoms with Crippen LogP contribution >= 0.6 is 0 Å². The minimum atomic E-state index is 0.0285. The Kier molecular flexibility index (Phi) is 8.20. The number of aliphatic hydroxyl groups is 1. The van der Waals surface area contributed by atoms with E-state index in [1.165, 1.54) is 25.7 Å². The zero-order valence-electron chi connectivity index (χ0n) is 10.0. The number of unbranched alkanes of at least 4 members (excludes halogenated alkanes) is 2. The minimum absolute atomic E-state index is 0.0285. The Bertz CT molecular complexity index is 115. The first-order valence-electron chi connectivity index (χ1n) is 5.84. The Labute approximate surface area is 88.7 Å². The molecule has 0 aromatic heterocycles. The highest BCUT2D eigenvalue weighted by molar-refractivity contribution is 4.78. The van der Waals surface area contributed by atoms with Gasteiger partial charge in [-0.1, -0.05) is 39.5 Å². The van der Waals surface area contributed by atoms with E-state index in [9.17, 15) is 5.11 Å². The molecule has 0 heterocycles. The molecule has 0 rings (SSSR count). The lowest BCUT2D eigenvalue weighted by Gasteiger charge is -2.31. The van der Waals surface area contributed by atoms with Gasteiger partial charge in [0.05, 0.1) is 13.2 Å². The van der Waals surface area contributed by atoms with Crippen molar-refractivity contribution in [1.29, 1.82) is 0 Å². The molecule has 0 fully saturated rings. The minimum Gasteiger partial charge on any atom is -0.396 e. The van der Waals surface area contributed by atoms with E-state index in [1.54, 1.807) is 7.11 Å². The summed E-state index contributed by atoms with van der Waals surface area (Å²) in [7, 11) is 1.72. The number of rotatable bonds is 9. The van der Waals surface area contributed by atoms with Gasteiger partial charge in [-0.2, -0.15) is 0 Å². The molecule has 0 radical (unpaired) electrons. The summed E-state index contributed by atoms with van der Waals surface area (Å²) in [5.74, 6) is 0. The molecule has 0 unspecified atom stereocenters. The molecule has 86 valence electrons. The van der Waals surface area contributed by atoms with Crippen LogP contribution in [0.1, 0.15) is 52.4 Å². The summed E-state index contributed by atoms with van der Waals surface area (Å²) in [6.07, 6.45) is 6.94. The summed E-state index contributed by atoms with van der Waals surface area (Å²) in [6, 6.07) is 0. The molecular formula is C12H26O2. The number of hydrogen-bond donors (Lipinski definition) is 1. The smallest absolute Gasteiger partial charge is 0.0540 e. The lowest BCUT2D eigenvalue weighted by molar-refractivity contribution is 0.0136. The van der Waals surface area contributed by atoms with Crippen LogP contribution in [0.3, 0.4) is 0 Å². The third-order valence-corrected chi connectivity index (χ3v) is 2.91. The Morgan fingerprint density at radius 2 is 1.57 bits per heavy atom. The quantitative estimate of drug-likeness (QED) is 0.623. The van der Waals surface area contributed by atoms with Gasteiger partial charge in [-0.05, 0) is 12.8 Å². The van der Waals surface area contributed by atoms with E-state index in [1.807, 2.05) is 0 Å². The van der Waals surface area contributed by atoms with Crippen LogP contribution in [-0.2, 0) is 4.74 Å². The molecule has 0 aliphatic carbocycles. The summed E-state index contributed by atoms with van der Waals surface area (Å²) in [5.41, 5.74) is 0.0285. The van der Waals surface area contributed by atoms with Crippen LogP contribution in [0.15, 0.2) is 0 Å². The summed E-state index contributed by atoms with van der Waals surface area (Å²) in [5, 5.41) is 9.48. The van der Waals surface area contributed by atoms with Crippen molar-refractivity contribution in [2.75, 3.05) is 20.3 Å². The molecule has 0 amide bonds. The van der Waals surface area contributed by atoms with E-state index in [2.05, 4.69) is 13.8 Å². The molecule has 14 heavy (non-hydrogen) atoms. The predicted octanol–water partition coefficient (Wildman–Crippen LogP) is 2.99. The maximum Gasteiger partial charge on any atom is 0.0540 e. The summed E-state index contributed by atoms with van der Waals surface area (Å²) < 4.78 is 5.23. The first kappa shape index (κ1) is 13.9. The van der Waals surface area contributed by atoms with E-state index in [0.717, 1.165) is 12.8 Å². The molecule has 0 atom stereocenters. The second-order valence-electron chi connectivity index (χ2n) is 4.30. The third kappa shape index (κ3) is 4.97. The van der Waals surface area contributed by atoms with E-state index in [0.29, 0.717) is 6.61 Å². The van der Waals surface area contributed by atoms with E-state index in [-0.39, 0.29) is 12.0 Å². The van der Waals surface area contributed by atoms with E-state index >= 15 is 0 Å². The molecule has 0 aromatic rings. The highest BCUT2D eigenvalue weighted by atomic mass is 16.5. The number of hydrogen-bond acceptors (Lipinski definition) is 2. The monoisotopic (exact) mass is 202 g/mol. The molecule has 0 saturated carbocycles. The molecule has 2 heteroatoms. The molecular weight excluding hydrogens is 176 g/mol. The second kappa shape index (κ2) is 8.25. The van der Waals surface area contributed by atoms with Gasteiger partial charge in [0, 0.05) is 12.5 Å². The van der Waals surface area contributed by atoms with Crippen molar-refractivity contribution in [3.05, 3.63) is 0 Å². The lowest BCUT2D eigenvalue weighted by atomic mass is 9.80. The highest BCUT2D eigenvalue weighted by Gasteiger charge is 2.27. The molecule has 0 spiro atoms. The number of aliphatic hydroxyl groups excluding tert-OH is 1. The van der Waals surface area contributed by atoms with E-state index in [4.69, 9.17) is 4.74 Å². The molecule has 0 aromatic carbocycles. The Morgan fingerprint density at radius 1 is 1.07 bits per heavy atom. The van der Waals surface area contributed by atoms with Gasteiger partial charge < -0.3 is 9.84 Å². The molecule has 1 N–H and O–H groups in total. The molecule has 0 saturated heterocycles. The van der Waals surface area contributed by atoms with Gasteiger partial charge in [-0.3, -0.25) is 0 Å². The topological polar surface area (TPSA) is 29.5 Å². The Hall–Kier alpha value is -0.0800. The van der Waals surface area contributed by atoms with Gasteiger partial charge >= 0.3 is 0 Å². The standard InChI is InChI=1S/C12H26O2/c1-4-6-8-12(10-13,11-14-3)9-7-5-2/h13H,4-11H2,1-3H3. The van der Waals surface area contributed by atoms with Crippen LogP contribution in [0.5, 0.6) is 0 Å². The molecule has 0 aliphatic rings. The van der Waals surface area contributed by atoms with Gasteiger partial charge in [0.1, 0.15) is 0 Å². The Balaban J connectivity index is 4.11. The van der Waals surface area contributed by atoms with Gasteiger partial charge in [-0.15, -0.1) is 0 Å². The highest BCUT2D eigenvalue weighted by Crippen LogP contribution is 2.30. The fraction of sp³-hybridized carbons (Fsp3) is 1.00. The van der Waals surface area contributed by atoms with Gasteiger partial charge in [-0.25, -0.2) is 0 Å². The van der Waals surface area contributed by atoms with Crippen molar-refractivity contribution < 1.29 is 9.84 Å². The average molecular weight is 202 g/mol. The SMILES string of the molecule is CCCCC(CO)(CCCC)COC. The lowest BCUT2D eigenvalue weighted by Crippen LogP contribution is -2.30. The average Bonchev–Trinajstić information content (AvgIpc) is 2.22. The van der Waals surface area contributed by atoms with Crippen LogP contribution in [0, 0.1) is 5.41 Å². The maximum absolute atomic E-state index is 9.48. The molecule has 0 bridgehead atoms. The summed E-state index contributed by atoms with van der Waals surface area (Å²) in [4.78, 5) is 0. The fourth-order valence-electron chi connectivity index (χ4n) is 1.88. The largest absolute Gasteiger partial charge is 0.396 e. The van der Waals surface area contributed by atoms with Crippen molar-refractivity contribution in [3.63, 3.8) is 0 Å². The summed E-state index contributed by atoms with van der Waals surface area (Å²) >= 11 is 0. The predicted molar refractivity (Wildman–Crippen MR) is 60.4 cm³/mol. The van der Waals surface area contributed by atoms with Crippen molar-refractivity contribution in [2.45, 2.75) is 52.4 Å². The first-order valence-corrected chi connectivity index (χ1v) is 5.84. The molecule has 0 aliphatic heterocycles. The van der Waals surface area contributed by atoms with Crippen LogP contribution in [0.2, 0.25) is 0 Å². The third-order valence-electron chi connectivity index (χ3n) is 2.91. The van der Waals surface area contributed by atoms with Crippen LogP contribution in [0.25, 0.3) is 0 Å². The van der Waals surface area contributed by atoms with Gasteiger partial charge in [0.2, 0.25) is 0 Å². The zero-order chi connectivity index (χ0) is 10.9. The second-order valence-corrected chi connectivity index (χ2v) is 4.30. The fourth-order valence-corrected chi connectivity index (χ4v) is 1.88. The van der Waals surface area contributed by atoms with Crippen molar-refractivity contribution >= 4 is 0 Å². The van der Waals surface area contributed by atoms with E-state index < -0.39 is 0 Å². The van der Waals surface area contributed by atoms with Gasteiger partial charge in [0.25, 0.3) is 0 Å². The zero-order valence-corrected chi connectivity index (χ0v) is 10.0. The molecule has 2 nitrogen and oxygen atoms in total. The van der Waals surface area contributed by atoms with Crippen molar-refractivity contribution in [1.82, 2.24) is 0 Å². The van der Waals surface area contributed by atoms with Gasteiger partial charge in [0.15, 0.2) is 0 Å². The first-order chi connectivity index (χ1) is 6.74. The van der Waals surface area contributed by atoms with Crippen molar-refractivity contribution in [3.8, 4) is 0 Å². The number of methoxy groups -OCH3 is 1. The van der Waals surface area contributed by atoms with Crippen LogP contribution in [-0.4, -0.2) is 25.4 Å². The maximum atomic E-state index is 9.48. The normalized spacial score (nSPS) is 12.0. The summed E-state index contributed by atoms with van der Waals surface area (Å²) in [6.45, 7) is 5.34. The Morgan fingerprint density at radius 3 is 1.86 bits per heavy atom. The van der Waals surface area contributed by atoms with Crippen LogP contribution < -0.4 is 0 Å². The van der Waals surface area contributed by atoms with Crippen LogP contribution in [0.4, 0.5) is 0 Å².